The maximum absolute atomic E-state index is 12.6. The molecule has 4 nitrogen and oxygen atoms in total. The number of hydrogen-bond donors (Lipinski definition) is 2. The number of hydrogen-bond acceptors (Lipinski definition) is 3. The zero-order valence-corrected chi connectivity index (χ0v) is 15.4. The zero-order valence-electron chi connectivity index (χ0n) is 15.4. The highest BCUT2D eigenvalue weighted by Crippen LogP contribution is 2.30. The Labute approximate surface area is 154 Å². The molecule has 1 aromatic heterocycles. The van der Waals surface area contributed by atoms with Gasteiger partial charge in [-0.05, 0) is 37.4 Å². The number of aryl methyl sites for hydroxylation is 1. The van der Waals surface area contributed by atoms with Gasteiger partial charge >= 0.3 is 0 Å². The van der Waals surface area contributed by atoms with Crippen molar-refractivity contribution in [3.05, 3.63) is 65.9 Å². The minimum atomic E-state index is -0.0680. The van der Waals surface area contributed by atoms with Gasteiger partial charge in [0.05, 0.1) is 11.3 Å². The number of pyridine rings is 1. The fraction of sp³-hybridized carbons (Fsp3) is 0.273. The van der Waals surface area contributed by atoms with Crippen molar-refractivity contribution in [2.45, 2.75) is 20.3 Å². The number of carbonyl (C=O) groups is 1. The molecule has 0 unspecified atom stereocenters. The molecule has 0 atom stereocenters. The second kappa shape index (κ2) is 8.59. The van der Waals surface area contributed by atoms with E-state index >= 15 is 0 Å². The van der Waals surface area contributed by atoms with Crippen LogP contribution in [0.15, 0.2) is 54.7 Å². The number of benzene rings is 2. The Hall–Kier alpha value is -2.72. The fourth-order valence-corrected chi connectivity index (χ4v) is 3.11. The molecule has 134 valence electrons. The molecule has 2 N–H and O–H groups in total. The van der Waals surface area contributed by atoms with Crippen LogP contribution in [0, 0.1) is 6.92 Å². The largest absolute Gasteiger partial charge is 0.352 e. The van der Waals surface area contributed by atoms with Crippen molar-refractivity contribution < 1.29 is 4.79 Å². The van der Waals surface area contributed by atoms with E-state index in [1.54, 1.807) is 6.20 Å². The minimum absolute atomic E-state index is 0.0680. The number of nitrogens with zero attached hydrogens (tertiary/aromatic N) is 1. The maximum Gasteiger partial charge on any atom is 0.253 e. The van der Waals surface area contributed by atoms with Gasteiger partial charge in [-0.15, -0.1) is 0 Å². The minimum Gasteiger partial charge on any atom is -0.352 e. The molecule has 1 heterocycles. The first kappa shape index (κ1) is 18.1. The van der Waals surface area contributed by atoms with Gasteiger partial charge in [-0.2, -0.15) is 0 Å². The van der Waals surface area contributed by atoms with Crippen LogP contribution in [-0.2, 0) is 0 Å². The quantitative estimate of drug-likeness (QED) is 0.637. The van der Waals surface area contributed by atoms with Crippen LogP contribution < -0.4 is 10.6 Å². The summed E-state index contributed by atoms with van der Waals surface area (Å²) >= 11 is 0. The van der Waals surface area contributed by atoms with Crippen LogP contribution in [0.4, 0.5) is 0 Å². The Kier molecular flexibility index (Phi) is 5.97. The van der Waals surface area contributed by atoms with E-state index in [0.29, 0.717) is 12.1 Å². The van der Waals surface area contributed by atoms with Gasteiger partial charge in [0.2, 0.25) is 0 Å². The molecule has 0 bridgehead atoms. The van der Waals surface area contributed by atoms with Crippen LogP contribution in [-0.4, -0.2) is 30.5 Å². The molecule has 0 aliphatic carbocycles. The average molecular weight is 347 g/mol. The molecule has 26 heavy (non-hydrogen) atoms. The van der Waals surface area contributed by atoms with Gasteiger partial charge in [-0.3, -0.25) is 9.78 Å². The van der Waals surface area contributed by atoms with Gasteiger partial charge in [0.25, 0.3) is 5.91 Å². The summed E-state index contributed by atoms with van der Waals surface area (Å²) in [5, 5.41) is 8.20. The first-order valence-electron chi connectivity index (χ1n) is 9.15. The summed E-state index contributed by atoms with van der Waals surface area (Å²) < 4.78 is 0. The molecule has 0 radical (unpaired) electrons. The summed E-state index contributed by atoms with van der Waals surface area (Å²) in [7, 11) is 0. The Morgan fingerprint density at radius 2 is 1.73 bits per heavy atom. The van der Waals surface area contributed by atoms with Crippen LogP contribution in [0.5, 0.6) is 0 Å². The van der Waals surface area contributed by atoms with Crippen LogP contribution in [0.1, 0.15) is 29.3 Å². The number of fused-ring (bicyclic) bond motifs is 1. The molecule has 0 aliphatic heterocycles. The van der Waals surface area contributed by atoms with E-state index in [0.717, 1.165) is 41.5 Å². The van der Waals surface area contributed by atoms with Gasteiger partial charge < -0.3 is 10.6 Å². The lowest BCUT2D eigenvalue weighted by Crippen LogP contribution is -2.27. The fourth-order valence-electron chi connectivity index (χ4n) is 3.11. The Morgan fingerprint density at radius 3 is 2.50 bits per heavy atom. The van der Waals surface area contributed by atoms with Gasteiger partial charge in [0.15, 0.2) is 0 Å². The second-order valence-corrected chi connectivity index (χ2v) is 6.34. The average Bonchev–Trinajstić information content (AvgIpc) is 2.67. The second-order valence-electron chi connectivity index (χ2n) is 6.34. The molecule has 1 amide bonds. The van der Waals surface area contributed by atoms with Crippen LogP contribution >= 0.6 is 0 Å². The molecule has 4 heteroatoms. The lowest BCUT2D eigenvalue weighted by Gasteiger charge is -2.12. The molecule has 0 spiro atoms. The van der Waals surface area contributed by atoms with Gasteiger partial charge in [0, 0.05) is 23.7 Å². The molecule has 2 aromatic carbocycles. The zero-order chi connectivity index (χ0) is 18.4. The van der Waals surface area contributed by atoms with E-state index in [2.05, 4.69) is 41.6 Å². The van der Waals surface area contributed by atoms with Gasteiger partial charge in [-0.1, -0.05) is 55.5 Å². The monoisotopic (exact) mass is 347 g/mol. The third-order valence-electron chi connectivity index (χ3n) is 4.51. The van der Waals surface area contributed by atoms with Crippen molar-refractivity contribution in [1.29, 1.82) is 0 Å². The molecule has 3 rings (SSSR count). The lowest BCUT2D eigenvalue weighted by molar-refractivity contribution is 0.0954. The van der Waals surface area contributed by atoms with Crippen molar-refractivity contribution >= 4 is 16.7 Å². The summed E-state index contributed by atoms with van der Waals surface area (Å²) in [5.41, 5.74) is 3.82. The number of amides is 1. The highest BCUT2D eigenvalue weighted by atomic mass is 16.1. The normalized spacial score (nSPS) is 10.8. The van der Waals surface area contributed by atoms with Crippen LogP contribution in [0.2, 0.25) is 0 Å². The van der Waals surface area contributed by atoms with E-state index in [1.165, 1.54) is 5.56 Å². The summed E-state index contributed by atoms with van der Waals surface area (Å²) in [6.07, 6.45) is 2.61. The van der Waals surface area contributed by atoms with Crippen LogP contribution in [0.3, 0.4) is 0 Å². The predicted octanol–water partition coefficient (Wildman–Crippen LogP) is 3.94. The summed E-state index contributed by atoms with van der Waals surface area (Å²) in [5.74, 6) is -0.0680. The highest BCUT2D eigenvalue weighted by molar-refractivity contribution is 6.09. The molecule has 3 aromatic rings. The van der Waals surface area contributed by atoms with Gasteiger partial charge in [-0.25, -0.2) is 0 Å². The van der Waals surface area contributed by atoms with Crippen molar-refractivity contribution in [1.82, 2.24) is 15.6 Å². The predicted molar refractivity (Wildman–Crippen MR) is 107 cm³/mol. The number of nitrogens with one attached hydrogen (secondary N) is 2. The first-order valence-corrected chi connectivity index (χ1v) is 9.15. The molecule has 0 saturated heterocycles. The maximum atomic E-state index is 12.6. The highest BCUT2D eigenvalue weighted by Gasteiger charge is 2.14. The number of carbonyl (C=O) groups excluding carboxylic acids is 1. The Morgan fingerprint density at radius 1 is 1.00 bits per heavy atom. The van der Waals surface area contributed by atoms with E-state index in [9.17, 15) is 4.79 Å². The molecular weight excluding hydrogens is 322 g/mol. The molecular formula is C22H25N3O. The third-order valence-corrected chi connectivity index (χ3v) is 4.51. The molecule has 0 aliphatic rings. The first-order chi connectivity index (χ1) is 12.7. The SMILES string of the molecule is CCNCCCNC(=O)c1cnc(-c2ccccc2C)c2ccccc12. The van der Waals surface area contributed by atoms with E-state index in [4.69, 9.17) is 0 Å². The van der Waals surface area contributed by atoms with Gasteiger partial charge in [0.1, 0.15) is 0 Å². The van der Waals surface area contributed by atoms with E-state index < -0.39 is 0 Å². The van der Waals surface area contributed by atoms with Crippen LogP contribution in [0.25, 0.3) is 22.0 Å². The summed E-state index contributed by atoms with van der Waals surface area (Å²) in [6, 6.07) is 16.2. The van der Waals surface area contributed by atoms with E-state index in [-0.39, 0.29) is 5.91 Å². The third kappa shape index (κ3) is 3.92. The number of rotatable bonds is 7. The van der Waals surface area contributed by atoms with E-state index in [1.807, 2.05) is 36.4 Å². The van der Waals surface area contributed by atoms with Crippen molar-refractivity contribution in [2.24, 2.45) is 0 Å². The van der Waals surface area contributed by atoms with Crippen molar-refractivity contribution in [2.75, 3.05) is 19.6 Å². The standard InChI is InChI=1S/C22H25N3O/c1-3-23-13-8-14-24-22(26)20-15-25-21(17-10-5-4-9-16(17)2)19-12-7-6-11-18(19)20/h4-7,9-12,15,23H,3,8,13-14H2,1-2H3,(H,24,26). The van der Waals surface area contributed by atoms with Crippen molar-refractivity contribution in [3.63, 3.8) is 0 Å². The molecule has 0 fully saturated rings. The molecule has 0 saturated carbocycles. The summed E-state index contributed by atoms with van der Waals surface area (Å²) in [4.78, 5) is 17.3. The summed E-state index contributed by atoms with van der Waals surface area (Å²) in [6.45, 7) is 6.66. The smallest absolute Gasteiger partial charge is 0.253 e. The Balaban J connectivity index is 1.91. The van der Waals surface area contributed by atoms with Crippen molar-refractivity contribution in [3.8, 4) is 11.3 Å². The number of aromatic nitrogens is 1. The Bertz CT molecular complexity index is 905. The topological polar surface area (TPSA) is 54.0 Å². The lowest BCUT2D eigenvalue weighted by atomic mass is 9.98.